The van der Waals surface area contributed by atoms with Crippen LogP contribution in [0.25, 0.3) is 0 Å². The van der Waals surface area contributed by atoms with E-state index < -0.39 is 28.9 Å². The molecule has 0 saturated carbocycles. The number of aliphatic hydroxyl groups is 1. The van der Waals surface area contributed by atoms with Gasteiger partial charge in [0, 0.05) is 5.57 Å². The summed E-state index contributed by atoms with van der Waals surface area (Å²) in [5.41, 5.74) is -5.15. The van der Waals surface area contributed by atoms with Crippen LogP contribution in [0, 0.1) is 0 Å². The number of esters is 1. The normalized spacial score (nSPS) is 15.1. The van der Waals surface area contributed by atoms with E-state index in [2.05, 4.69) is 6.58 Å². The highest BCUT2D eigenvalue weighted by Gasteiger charge is 2.61. The molecule has 1 unspecified atom stereocenters. The lowest BCUT2D eigenvalue weighted by atomic mass is 9.82. The second-order valence-electron chi connectivity index (χ2n) is 7.58. The van der Waals surface area contributed by atoms with Crippen molar-refractivity contribution in [2.24, 2.45) is 0 Å². The summed E-state index contributed by atoms with van der Waals surface area (Å²) in [4.78, 5) is 11.6. The Labute approximate surface area is 164 Å². The minimum absolute atomic E-state index is 0.250. The Hall–Kier alpha value is -1.86. The van der Waals surface area contributed by atoms with Crippen molar-refractivity contribution in [3.05, 3.63) is 42.0 Å². The second kappa shape index (κ2) is 8.25. The van der Waals surface area contributed by atoms with Crippen LogP contribution >= 0.6 is 0 Å². The number of benzene rings is 1. The second-order valence-corrected chi connectivity index (χ2v) is 7.58. The van der Waals surface area contributed by atoms with Crippen molar-refractivity contribution in [3.63, 3.8) is 0 Å². The van der Waals surface area contributed by atoms with Crippen molar-refractivity contribution in [3.8, 4) is 5.75 Å². The first-order valence-corrected chi connectivity index (χ1v) is 9.11. The number of carbonyl (C=O) groups is 1. The summed E-state index contributed by atoms with van der Waals surface area (Å²) in [5, 5.41) is 10.2. The monoisotopic (exact) mass is 402 g/mol. The average molecular weight is 402 g/mol. The first-order chi connectivity index (χ1) is 12.6. The van der Waals surface area contributed by atoms with Gasteiger partial charge in [0.05, 0.1) is 5.60 Å². The topological polar surface area (TPSA) is 55.8 Å². The molecule has 0 aromatic heterocycles. The van der Waals surface area contributed by atoms with Crippen LogP contribution in [0.2, 0.25) is 0 Å². The van der Waals surface area contributed by atoms with Crippen LogP contribution in [0.15, 0.2) is 36.4 Å². The van der Waals surface area contributed by atoms with Gasteiger partial charge in [0.1, 0.15) is 11.4 Å². The summed E-state index contributed by atoms with van der Waals surface area (Å²) in [6.45, 7) is 11.8. The van der Waals surface area contributed by atoms with Gasteiger partial charge in [-0.15, -0.1) is 0 Å². The molecule has 0 fully saturated rings. The van der Waals surface area contributed by atoms with Gasteiger partial charge in [0.2, 0.25) is 0 Å². The molecule has 1 aromatic rings. The SMILES string of the molecule is C=C(C)C(=O)Oc1ccc(C(CC)(CC)OC(C)(C)C(C)(O)C(F)(F)F)cc1. The van der Waals surface area contributed by atoms with E-state index in [0.29, 0.717) is 31.1 Å². The van der Waals surface area contributed by atoms with Crippen molar-refractivity contribution in [2.75, 3.05) is 0 Å². The fraction of sp³-hybridized carbons (Fsp3) is 0.571. The quantitative estimate of drug-likeness (QED) is 0.365. The van der Waals surface area contributed by atoms with Gasteiger partial charge in [0.15, 0.2) is 5.60 Å². The summed E-state index contributed by atoms with van der Waals surface area (Å²) >= 11 is 0. The minimum atomic E-state index is -4.86. The van der Waals surface area contributed by atoms with Crippen molar-refractivity contribution in [1.29, 1.82) is 0 Å². The molecule has 0 radical (unpaired) electrons. The highest BCUT2D eigenvalue weighted by Crippen LogP contribution is 2.46. The van der Waals surface area contributed by atoms with Gasteiger partial charge in [-0.25, -0.2) is 4.79 Å². The van der Waals surface area contributed by atoms with E-state index >= 15 is 0 Å². The van der Waals surface area contributed by atoms with E-state index in [1.165, 1.54) is 20.8 Å². The third-order valence-electron chi connectivity index (χ3n) is 5.26. The molecule has 0 bridgehead atoms. The van der Waals surface area contributed by atoms with Gasteiger partial charge < -0.3 is 14.6 Å². The molecule has 0 spiro atoms. The molecule has 0 saturated heterocycles. The van der Waals surface area contributed by atoms with Gasteiger partial charge in [-0.05, 0) is 58.2 Å². The largest absolute Gasteiger partial charge is 0.423 e. The van der Waals surface area contributed by atoms with Crippen LogP contribution in [-0.4, -0.2) is 28.5 Å². The number of hydrogen-bond acceptors (Lipinski definition) is 4. The molecule has 1 rings (SSSR count). The molecule has 1 atom stereocenters. The van der Waals surface area contributed by atoms with Crippen molar-refractivity contribution in [1.82, 2.24) is 0 Å². The molecule has 0 aliphatic rings. The van der Waals surface area contributed by atoms with Crippen LogP contribution in [0.3, 0.4) is 0 Å². The summed E-state index contributed by atoms with van der Waals surface area (Å²) in [5.74, 6) is -0.275. The molecule has 0 aliphatic heterocycles. The van der Waals surface area contributed by atoms with Gasteiger partial charge in [-0.1, -0.05) is 32.6 Å². The summed E-state index contributed by atoms with van der Waals surface area (Å²) in [6, 6.07) is 6.39. The molecule has 28 heavy (non-hydrogen) atoms. The van der Waals surface area contributed by atoms with E-state index in [1.807, 2.05) is 0 Å². The number of carbonyl (C=O) groups excluding carboxylic acids is 1. The molecular weight excluding hydrogens is 373 g/mol. The van der Waals surface area contributed by atoms with Crippen molar-refractivity contribution in [2.45, 2.75) is 77.4 Å². The zero-order valence-corrected chi connectivity index (χ0v) is 17.2. The first kappa shape index (κ1) is 24.2. The van der Waals surface area contributed by atoms with Gasteiger partial charge >= 0.3 is 12.1 Å². The summed E-state index contributed by atoms with van der Waals surface area (Å²) < 4.78 is 51.2. The zero-order valence-electron chi connectivity index (χ0n) is 17.2. The van der Waals surface area contributed by atoms with E-state index in [-0.39, 0.29) is 5.57 Å². The molecular formula is C21H29F3O4. The van der Waals surface area contributed by atoms with E-state index in [0.717, 1.165) is 0 Å². The van der Waals surface area contributed by atoms with Crippen LogP contribution in [0.1, 0.15) is 59.9 Å². The van der Waals surface area contributed by atoms with E-state index in [4.69, 9.17) is 9.47 Å². The van der Waals surface area contributed by atoms with Crippen LogP contribution < -0.4 is 4.74 Å². The predicted molar refractivity (Wildman–Crippen MR) is 101 cm³/mol. The fourth-order valence-corrected chi connectivity index (χ4v) is 2.81. The summed E-state index contributed by atoms with van der Waals surface area (Å²) in [6.07, 6.45) is -4.10. The van der Waals surface area contributed by atoms with Crippen LogP contribution in [0.4, 0.5) is 13.2 Å². The molecule has 1 N–H and O–H groups in total. The first-order valence-electron chi connectivity index (χ1n) is 9.11. The third kappa shape index (κ3) is 4.75. The standard InChI is InChI=1S/C21H29F3O4/c1-8-20(9-2,28-18(5,6)19(7,26)21(22,23)24)15-10-12-16(13-11-15)27-17(25)14(3)4/h10-13,26H,3,8-9H2,1-2,4-7H3. The molecule has 0 heterocycles. The number of hydrogen-bond donors (Lipinski definition) is 1. The predicted octanol–water partition coefficient (Wildman–Crippen LogP) is 5.29. The lowest BCUT2D eigenvalue weighted by molar-refractivity contribution is -0.332. The fourth-order valence-electron chi connectivity index (χ4n) is 2.81. The lowest BCUT2D eigenvalue weighted by Crippen LogP contribution is -2.61. The van der Waals surface area contributed by atoms with Crippen LogP contribution in [0.5, 0.6) is 5.75 Å². The number of alkyl halides is 3. The Morgan fingerprint density at radius 1 is 1.07 bits per heavy atom. The van der Waals surface area contributed by atoms with E-state index in [1.54, 1.807) is 38.1 Å². The average Bonchev–Trinajstić information content (AvgIpc) is 2.59. The molecule has 0 aliphatic carbocycles. The molecule has 1 aromatic carbocycles. The Kier molecular flexibility index (Phi) is 7.12. The maximum Gasteiger partial charge on any atom is 0.419 e. The Balaban J connectivity index is 3.25. The highest BCUT2D eigenvalue weighted by molar-refractivity contribution is 5.88. The lowest BCUT2D eigenvalue weighted by Gasteiger charge is -2.47. The van der Waals surface area contributed by atoms with Crippen molar-refractivity contribution < 1.29 is 32.5 Å². The Morgan fingerprint density at radius 2 is 1.54 bits per heavy atom. The third-order valence-corrected chi connectivity index (χ3v) is 5.26. The number of halogens is 3. The highest BCUT2D eigenvalue weighted by atomic mass is 19.4. The minimum Gasteiger partial charge on any atom is -0.423 e. The van der Waals surface area contributed by atoms with Gasteiger partial charge in [-0.2, -0.15) is 13.2 Å². The number of rotatable bonds is 8. The summed E-state index contributed by atoms with van der Waals surface area (Å²) in [7, 11) is 0. The zero-order chi connectivity index (χ0) is 22.0. The maximum atomic E-state index is 13.4. The molecule has 4 nitrogen and oxygen atoms in total. The molecule has 7 heteroatoms. The Bertz CT molecular complexity index is 699. The molecule has 158 valence electrons. The maximum absolute atomic E-state index is 13.4. The van der Waals surface area contributed by atoms with Crippen LogP contribution in [-0.2, 0) is 15.1 Å². The molecule has 0 amide bonds. The number of ether oxygens (including phenoxy) is 2. The van der Waals surface area contributed by atoms with Gasteiger partial charge in [0.25, 0.3) is 0 Å². The Morgan fingerprint density at radius 3 is 1.89 bits per heavy atom. The van der Waals surface area contributed by atoms with Gasteiger partial charge in [-0.3, -0.25) is 0 Å². The van der Waals surface area contributed by atoms with Crippen molar-refractivity contribution >= 4 is 5.97 Å². The smallest absolute Gasteiger partial charge is 0.419 e. The van der Waals surface area contributed by atoms with E-state index in [9.17, 15) is 23.1 Å².